The van der Waals surface area contributed by atoms with Gasteiger partial charge in [0.25, 0.3) is 0 Å². The molecule has 0 amide bonds. The molecule has 0 aromatic heterocycles. The van der Waals surface area contributed by atoms with E-state index >= 15 is 0 Å². The molecule has 1 N–H and O–H groups in total. The number of unbranched alkanes of at least 4 members (excludes halogenated alkanes) is 2. The maximum Gasteiger partial charge on any atom is 0.125 e. The first kappa shape index (κ1) is 18.2. The van der Waals surface area contributed by atoms with Crippen LogP contribution in [0.1, 0.15) is 45.1 Å². The van der Waals surface area contributed by atoms with E-state index in [2.05, 4.69) is 26.0 Å². The summed E-state index contributed by atoms with van der Waals surface area (Å²) in [7, 11) is -2.50. The molecule has 0 fully saturated rings. The quantitative estimate of drug-likeness (QED) is 0.484. The Kier molecular flexibility index (Phi) is 8.64. The summed E-state index contributed by atoms with van der Waals surface area (Å²) in [6.07, 6.45) is 9.73. The third kappa shape index (κ3) is 6.63. The fourth-order valence-electron chi connectivity index (χ4n) is 2.32. The predicted molar refractivity (Wildman–Crippen MR) is 92.4 cm³/mol. The molecule has 0 bridgehead atoms. The summed E-state index contributed by atoms with van der Waals surface area (Å²) in [5, 5.41) is 10.3. The average Bonchev–Trinajstić information content (AvgIpc) is 2.52. The molecule has 0 heterocycles. The summed E-state index contributed by atoms with van der Waals surface area (Å²) in [5.74, 6) is -0.778. The molecule has 1 atom stereocenters. The van der Waals surface area contributed by atoms with Gasteiger partial charge in [-0.3, -0.25) is 0 Å². The molecule has 1 unspecified atom stereocenters. The molecule has 1 aromatic rings. The van der Waals surface area contributed by atoms with Crippen molar-refractivity contribution in [3.05, 3.63) is 48.0 Å². The highest BCUT2D eigenvalue weighted by Gasteiger charge is 2.28. The van der Waals surface area contributed by atoms with Crippen molar-refractivity contribution in [3.63, 3.8) is 0 Å². The lowest BCUT2D eigenvalue weighted by molar-refractivity contribution is 0.291. The van der Waals surface area contributed by atoms with Gasteiger partial charge in [0.2, 0.25) is 0 Å². The SMILES string of the molecule is CCCCP(=O)(CCCC)C(O)/C=C/Cc1ccccc1. The highest BCUT2D eigenvalue weighted by Crippen LogP contribution is 2.51. The van der Waals surface area contributed by atoms with Crippen molar-refractivity contribution in [1.29, 1.82) is 0 Å². The second kappa shape index (κ2) is 9.97. The van der Waals surface area contributed by atoms with E-state index in [1.165, 1.54) is 5.56 Å². The largest absolute Gasteiger partial charge is 0.381 e. The van der Waals surface area contributed by atoms with Gasteiger partial charge in [-0.2, -0.15) is 0 Å². The van der Waals surface area contributed by atoms with Crippen LogP contribution in [0.25, 0.3) is 0 Å². The number of aliphatic hydroxyl groups excluding tert-OH is 1. The third-order valence-corrected chi connectivity index (χ3v) is 7.05. The lowest BCUT2D eigenvalue weighted by atomic mass is 10.1. The third-order valence-electron chi connectivity index (χ3n) is 3.77. The number of benzene rings is 1. The predicted octanol–water partition coefficient (Wildman–Crippen LogP) is 5.07. The molecule has 3 heteroatoms. The van der Waals surface area contributed by atoms with Crippen LogP contribution in [0.15, 0.2) is 42.5 Å². The van der Waals surface area contributed by atoms with E-state index in [0.717, 1.165) is 32.1 Å². The molecule has 0 spiro atoms. The molecule has 118 valence electrons. The van der Waals surface area contributed by atoms with Crippen LogP contribution in [0.3, 0.4) is 0 Å². The first-order chi connectivity index (χ1) is 10.1. The van der Waals surface area contributed by atoms with Gasteiger partial charge in [0.15, 0.2) is 0 Å². The zero-order valence-corrected chi connectivity index (χ0v) is 14.3. The minimum Gasteiger partial charge on any atom is -0.381 e. The fraction of sp³-hybridized carbons (Fsp3) is 0.556. The molecule has 2 nitrogen and oxygen atoms in total. The normalized spacial score (nSPS) is 13.7. The highest BCUT2D eigenvalue weighted by molar-refractivity contribution is 7.64. The van der Waals surface area contributed by atoms with Gasteiger partial charge in [0.1, 0.15) is 13.0 Å². The van der Waals surface area contributed by atoms with Gasteiger partial charge in [-0.15, -0.1) is 0 Å². The van der Waals surface area contributed by atoms with E-state index < -0.39 is 13.0 Å². The first-order valence-corrected chi connectivity index (χ1v) is 10.2. The van der Waals surface area contributed by atoms with Gasteiger partial charge in [-0.1, -0.05) is 69.2 Å². The number of allylic oxidation sites excluding steroid dienone is 1. The van der Waals surface area contributed by atoms with Crippen LogP contribution in [0.5, 0.6) is 0 Å². The minimum absolute atomic E-state index is 0.667. The topological polar surface area (TPSA) is 37.3 Å². The summed E-state index contributed by atoms with van der Waals surface area (Å²) in [4.78, 5) is 0. The molecule has 0 aliphatic carbocycles. The molecular formula is C18H29O2P. The maximum absolute atomic E-state index is 13.0. The van der Waals surface area contributed by atoms with Crippen LogP contribution < -0.4 is 0 Å². The van der Waals surface area contributed by atoms with Crippen molar-refractivity contribution < 1.29 is 9.67 Å². The van der Waals surface area contributed by atoms with E-state index in [1.54, 1.807) is 6.08 Å². The summed E-state index contributed by atoms with van der Waals surface area (Å²) in [6.45, 7) is 4.20. The Hall–Kier alpha value is -0.850. The molecule has 0 aliphatic heterocycles. The summed E-state index contributed by atoms with van der Waals surface area (Å²) in [6, 6.07) is 10.1. The Morgan fingerprint density at radius 1 is 1.10 bits per heavy atom. The Labute approximate surface area is 129 Å². The second-order valence-electron chi connectivity index (χ2n) is 5.64. The van der Waals surface area contributed by atoms with Crippen molar-refractivity contribution in [2.75, 3.05) is 12.3 Å². The van der Waals surface area contributed by atoms with Gasteiger partial charge in [0.05, 0.1) is 0 Å². The zero-order chi connectivity index (χ0) is 15.6. The lowest BCUT2D eigenvalue weighted by Crippen LogP contribution is -2.11. The molecule has 1 aromatic carbocycles. The standard InChI is InChI=1S/C18H29O2P/c1-3-5-15-21(20,16-6-4-2)18(19)14-10-13-17-11-8-7-9-12-17/h7-12,14,18-19H,3-6,13,15-16H2,1-2H3/b14-10+. The average molecular weight is 308 g/mol. The van der Waals surface area contributed by atoms with Crippen LogP contribution in [-0.4, -0.2) is 23.3 Å². The Bertz CT molecular complexity index is 442. The number of hydrogen-bond acceptors (Lipinski definition) is 2. The molecular weight excluding hydrogens is 279 g/mol. The van der Waals surface area contributed by atoms with Crippen molar-refractivity contribution in [2.24, 2.45) is 0 Å². The highest BCUT2D eigenvalue weighted by atomic mass is 31.2. The van der Waals surface area contributed by atoms with Crippen molar-refractivity contribution >= 4 is 7.14 Å². The molecule has 0 saturated heterocycles. The molecule has 1 rings (SSSR count). The van der Waals surface area contributed by atoms with E-state index in [4.69, 9.17) is 0 Å². The fourth-order valence-corrected chi connectivity index (χ4v) is 5.22. The van der Waals surface area contributed by atoms with Gasteiger partial charge in [-0.05, 0) is 24.8 Å². The van der Waals surface area contributed by atoms with E-state index in [0.29, 0.717) is 12.3 Å². The Morgan fingerprint density at radius 3 is 2.19 bits per heavy atom. The molecule has 0 saturated carbocycles. The van der Waals surface area contributed by atoms with Crippen LogP contribution in [0, 0.1) is 0 Å². The smallest absolute Gasteiger partial charge is 0.125 e. The van der Waals surface area contributed by atoms with Crippen LogP contribution in [0.4, 0.5) is 0 Å². The monoisotopic (exact) mass is 308 g/mol. The van der Waals surface area contributed by atoms with Crippen LogP contribution in [0.2, 0.25) is 0 Å². The van der Waals surface area contributed by atoms with E-state index in [9.17, 15) is 9.67 Å². The van der Waals surface area contributed by atoms with Gasteiger partial charge in [0, 0.05) is 12.3 Å². The van der Waals surface area contributed by atoms with Gasteiger partial charge < -0.3 is 9.67 Å². The molecule has 21 heavy (non-hydrogen) atoms. The minimum atomic E-state index is -2.50. The molecule has 0 aliphatic rings. The summed E-state index contributed by atoms with van der Waals surface area (Å²) < 4.78 is 13.0. The maximum atomic E-state index is 13.0. The Balaban J connectivity index is 2.62. The van der Waals surface area contributed by atoms with Crippen molar-refractivity contribution in [3.8, 4) is 0 Å². The first-order valence-electron chi connectivity index (χ1n) is 8.08. The summed E-state index contributed by atoms with van der Waals surface area (Å²) in [5.41, 5.74) is 1.21. The Morgan fingerprint density at radius 2 is 1.67 bits per heavy atom. The summed E-state index contributed by atoms with van der Waals surface area (Å²) >= 11 is 0. The number of hydrogen-bond donors (Lipinski definition) is 1. The van der Waals surface area contributed by atoms with Crippen LogP contribution >= 0.6 is 7.14 Å². The van der Waals surface area contributed by atoms with Gasteiger partial charge in [-0.25, -0.2) is 0 Å². The molecule has 0 radical (unpaired) electrons. The second-order valence-corrected chi connectivity index (χ2v) is 8.97. The van der Waals surface area contributed by atoms with Crippen LogP contribution in [-0.2, 0) is 11.0 Å². The van der Waals surface area contributed by atoms with Crippen molar-refractivity contribution in [2.45, 2.75) is 51.8 Å². The number of rotatable bonds is 10. The van der Waals surface area contributed by atoms with Gasteiger partial charge >= 0.3 is 0 Å². The van der Waals surface area contributed by atoms with Crippen molar-refractivity contribution in [1.82, 2.24) is 0 Å². The van der Waals surface area contributed by atoms with E-state index in [-0.39, 0.29) is 0 Å². The van der Waals surface area contributed by atoms with E-state index in [1.807, 2.05) is 24.3 Å². The zero-order valence-electron chi connectivity index (χ0n) is 13.4. The number of aliphatic hydroxyl groups is 1. The lowest BCUT2D eigenvalue weighted by Gasteiger charge is -2.21.